The maximum atomic E-state index is 13.3. The molecule has 0 radical (unpaired) electrons. The molecule has 0 saturated carbocycles. The number of allylic oxidation sites excluding steroid dienone is 12. The summed E-state index contributed by atoms with van der Waals surface area (Å²) in [6.45, 7) is 1.59. The molecule has 3 fully saturated rings. The van der Waals surface area contributed by atoms with Crippen molar-refractivity contribution in [2.24, 2.45) is 0 Å². The van der Waals surface area contributed by atoms with E-state index < -0.39 is 124 Å². The van der Waals surface area contributed by atoms with Gasteiger partial charge in [-0.05, 0) is 64.2 Å². The van der Waals surface area contributed by atoms with E-state index in [0.29, 0.717) is 19.3 Å². The van der Waals surface area contributed by atoms with Crippen molar-refractivity contribution in [3.8, 4) is 0 Å². The minimum Gasteiger partial charge on any atom is -0.394 e. The summed E-state index contributed by atoms with van der Waals surface area (Å²) in [6, 6.07) is -0.913. The standard InChI is InChI=1S/C58H99NO18/c1-3-5-7-9-11-13-15-16-17-18-19-20-21-22-23-24-26-28-30-32-34-36-46(64)59-41(42(63)35-33-31-29-27-25-14-12-10-8-6-4-2)40-72-56-52(70)49(67)54(44(38-61)74-56)77-58-53(71)50(68)55(45(39-62)75-58)76-57-51(69)48(66)47(65)43(37-60)73-57/h5,7,11,13,16-17,19-20,22-23,26,28,41-45,47-58,60-63,65-71H,3-4,6,8-10,12,14-15,18,21,24-25,27,29-40H2,1-2H3,(H,59,64)/b7-5-,13-11-,17-16-,20-19-,23-22-,28-26-. The van der Waals surface area contributed by atoms with E-state index >= 15 is 0 Å². The molecule has 17 unspecified atom stereocenters. The molecule has 0 aromatic carbocycles. The fraction of sp³-hybridized carbons (Fsp3) is 0.776. The van der Waals surface area contributed by atoms with Crippen LogP contribution in [0.1, 0.15) is 155 Å². The molecule has 3 heterocycles. The van der Waals surface area contributed by atoms with Gasteiger partial charge in [0.05, 0.1) is 38.6 Å². The van der Waals surface area contributed by atoms with Crippen LogP contribution in [0.15, 0.2) is 72.9 Å². The second kappa shape index (κ2) is 41.3. The smallest absolute Gasteiger partial charge is 0.220 e. The molecule has 0 spiro atoms. The molecule has 19 heteroatoms. The first-order valence-electron chi connectivity index (χ1n) is 28.7. The average Bonchev–Trinajstić information content (AvgIpc) is 3.44. The molecule has 0 bridgehead atoms. The third-order valence-electron chi connectivity index (χ3n) is 14.0. The van der Waals surface area contributed by atoms with Crippen LogP contribution in [0.3, 0.4) is 0 Å². The van der Waals surface area contributed by atoms with Crippen molar-refractivity contribution in [2.75, 3.05) is 26.4 Å². The molecule has 0 aromatic rings. The second-order valence-electron chi connectivity index (χ2n) is 20.4. The second-order valence-corrected chi connectivity index (χ2v) is 20.4. The van der Waals surface area contributed by atoms with E-state index in [2.05, 4.69) is 92.1 Å². The topological polar surface area (TPSA) is 307 Å². The molecule has 444 valence electrons. The van der Waals surface area contributed by atoms with Gasteiger partial charge in [0.15, 0.2) is 18.9 Å². The van der Waals surface area contributed by atoms with Gasteiger partial charge >= 0.3 is 0 Å². The number of hydrogen-bond acceptors (Lipinski definition) is 18. The minimum absolute atomic E-state index is 0.207. The number of ether oxygens (including phenoxy) is 6. The molecular weight excluding hydrogens is 999 g/mol. The summed E-state index contributed by atoms with van der Waals surface area (Å²) in [5.41, 5.74) is 0. The van der Waals surface area contributed by atoms with Crippen molar-refractivity contribution in [3.63, 3.8) is 0 Å². The van der Waals surface area contributed by atoms with Gasteiger partial charge in [-0.1, -0.05) is 157 Å². The van der Waals surface area contributed by atoms with E-state index in [0.717, 1.165) is 70.6 Å². The molecule has 1 amide bonds. The summed E-state index contributed by atoms with van der Waals surface area (Å²) in [5.74, 6) is -0.290. The Balaban J connectivity index is 1.51. The normalized spacial score (nSPS) is 31.3. The fourth-order valence-corrected chi connectivity index (χ4v) is 9.31. The zero-order chi connectivity index (χ0) is 56.2. The Morgan fingerprint density at radius 1 is 0.481 bits per heavy atom. The Kier molecular flexibility index (Phi) is 36.7. The van der Waals surface area contributed by atoms with Crippen LogP contribution in [0.5, 0.6) is 0 Å². The van der Waals surface area contributed by atoms with Crippen LogP contribution in [0.25, 0.3) is 0 Å². The first-order chi connectivity index (χ1) is 37.3. The first kappa shape index (κ1) is 68.5. The van der Waals surface area contributed by atoms with E-state index in [4.69, 9.17) is 28.4 Å². The molecule has 3 saturated heterocycles. The van der Waals surface area contributed by atoms with Crippen molar-refractivity contribution in [3.05, 3.63) is 72.9 Å². The number of aliphatic hydroxyl groups is 11. The summed E-state index contributed by atoms with van der Waals surface area (Å²) in [6.07, 6.45) is 20.0. The van der Waals surface area contributed by atoms with Gasteiger partial charge in [-0.15, -0.1) is 0 Å². The van der Waals surface area contributed by atoms with Gasteiger partial charge in [-0.3, -0.25) is 4.79 Å². The molecule has 77 heavy (non-hydrogen) atoms. The highest BCUT2D eigenvalue weighted by molar-refractivity contribution is 5.76. The molecule has 0 aromatic heterocycles. The van der Waals surface area contributed by atoms with Crippen LogP contribution in [-0.2, 0) is 33.2 Å². The Morgan fingerprint density at radius 3 is 1.38 bits per heavy atom. The van der Waals surface area contributed by atoms with Crippen molar-refractivity contribution >= 4 is 5.91 Å². The number of carbonyl (C=O) groups excluding carboxylic acids is 1. The third kappa shape index (κ3) is 25.7. The van der Waals surface area contributed by atoms with Gasteiger partial charge in [-0.25, -0.2) is 0 Å². The van der Waals surface area contributed by atoms with Crippen molar-refractivity contribution in [2.45, 2.75) is 259 Å². The Morgan fingerprint density at radius 2 is 0.896 bits per heavy atom. The molecular formula is C58H99NO18. The highest BCUT2D eigenvalue weighted by atomic mass is 16.8. The zero-order valence-corrected chi connectivity index (χ0v) is 45.9. The summed E-state index contributed by atoms with van der Waals surface area (Å²) in [7, 11) is 0. The summed E-state index contributed by atoms with van der Waals surface area (Å²) >= 11 is 0. The molecule has 0 aliphatic carbocycles. The van der Waals surface area contributed by atoms with E-state index in [1.807, 2.05) is 0 Å². The summed E-state index contributed by atoms with van der Waals surface area (Å²) in [5, 5.41) is 120. The highest BCUT2D eigenvalue weighted by Crippen LogP contribution is 2.33. The van der Waals surface area contributed by atoms with Gasteiger partial charge in [0.2, 0.25) is 5.91 Å². The number of nitrogens with one attached hydrogen (secondary N) is 1. The Hall–Kier alpha value is -2.77. The molecule has 19 nitrogen and oxygen atoms in total. The van der Waals surface area contributed by atoms with Gasteiger partial charge < -0.3 is 89.9 Å². The average molecular weight is 1100 g/mol. The monoisotopic (exact) mass is 1100 g/mol. The lowest BCUT2D eigenvalue weighted by Crippen LogP contribution is -2.66. The molecule has 12 N–H and O–H groups in total. The number of aliphatic hydroxyl groups excluding tert-OH is 11. The lowest BCUT2D eigenvalue weighted by atomic mass is 9.96. The summed E-state index contributed by atoms with van der Waals surface area (Å²) < 4.78 is 34.2. The fourth-order valence-electron chi connectivity index (χ4n) is 9.31. The van der Waals surface area contributed by atoms with Crippen LogP contribution in [0, 0.1) is 0 Å². The SMILES string of the molecule is CC/C=C\C/C=C\C/C=C\C/C=C\C/C=C\C/C=C\CCCCC(=O)NC(COC1OC(CO)C(OC2OC(CO)C(OC3OC(CO)C(O)C(O)C3O)C(O)C2O)C(O)C1O)C(O)CCCCCCCCCCCCC. The van der Waals surface area contributed by atoms with Gasteiger partial charge in [0, 0.05) is 6.42 Å². The van der Waals surface area contributed by atoms with Crippen molar-refractivity contribution in [1.29, 1.82) is 0 Å². The van der Waals surface area contributed by atoms with E-state index in [9.17, 15) is 61.0 Å². The minimum atomic E-state index is -1.98. The number of amides is 1. The number of unbranched alkanes of at least 4 members (excludes halogenated alkanes) is 12. The lowest BCUT2D eigenvalue weighted by molar-refractivity contribution is -0.379. The number of hydrogen-bond donors (Lipinski definition) is 12. The zero-order valence-electron chi connectivity index (χ0n) is 45.9. The van der Waals surface area contributed by atoms with Gasteiger partial charge in [-0.2, -0.15) is 0 Å². The molecule has 3 aliphatic heterocycles. The number of rotatable bonds is 40. The predicted molar refractivity (Wildman–Crippen MR) is 291 cm³/mol. The van der Waals surface area contributed by atoms with Crippen LogP contribution < -0.4 is 5.32 Å². The van der Waals surface area contributed by atoms with Crippen LogP contribution in [0.2, 0.25) is 0 Å². The van der Waals surface area contributed by atoms with Crippen LogP contribution in [-0.4, -0.2) is 193 Å². The van der Waals surface area contributed by atoms with E-state index in [1.54, 1.807) is 0 Å². The van der Waals surface area contributed by atoms with E-state index in [-0.39, 0.29) is 18.9 Å². The van der Waals surface area contributed by atoms with Crippen molar-refractivity contribution < 1.29 is 89.4 Å². The van der Waals surface area contributed by atoms with Gasteiger partial charge in [0.25, 0.3) is 0 Å². The quantitative estimate of drug-likeness (QED) is 0.0301. The van der Waals surface area contributed by atoms with Crippen molar-refractivity contribution in [1.82, 2.24) is 5.32 Å². The Labute approximate surface area is 458 Å². The maximum absolute atomic E-state index is 13.3. The molecule has 3 aliphatic rings. The predicted octanol–water partition coefficient (Wildman–Crippen LogP) is 4.26. The lowest BCUT2D eigenvalue weighted by Gasteiger charge is -2.48. The maximum Gasteiger partial charge on any atom is 0.220 e. The van der Waals surface area contributed by atoms with Gasteiger partial charge in [0.1, 0.15) is 73.2 Å². The van der Waals surface area contributed by atoms with E-state index in [1.165, 1.54) is 44.9 Å². The largest absolute Gasteiger partial charge is 0.394 e. The Bertz CT molecular complexity index is 1690. The first-order valence-corrected chi connectivity index (χ1v) is 28.7. The van der Waals surface area contributed by atoms with Crippen LogP contribution in [0.4, 0.5) is 0 Å². The number of carbonyl (C=O) groups is 1. The molecule has 17 atom stereocenters. The van der Waals surface area contributed by atoms with Crippen LogP contribution >= 0.6 is 0 Å². The summed E-state index contributed by atoms with van der Waals surface area (Å²) in [4.78, 5) is 13.3. The molecule has 3 rings (SSSR count). The highest BCUT2D eigenvalue weighted by Gasteiger charge is 2.53. The third-order valence-corrected chi connectivity index (χ3v) is 14.0.